The Morgan fingerprint density at radius 2 is 1.59 bits per heavy atom. The number of aliphatic imine (C=N–C) groups is 1. The first-order valence-corrected chi connectivity index (χ1v) is 11.2. The van der Waals surface area contributed by atoms with Crippen LogP contribution in [0.15, 0.2) is 35.3 Å². The largest absolute Gasteiger partial charge is 0.377 e. The van der Waals surface area contributed by atoms with Crippen molar-refractivity contribution in [1.82, 2.24) is 10.6 Å². The number of nitrogens with zero attached hydrogens (tertiary/aromatic N) is 1. The average Bonchev–Trinajstić information content (AvgIpc) is 2.74. The molecule has 2 aliphatic heterocycles. The van der Waals surface area contributed by atoms with Gasteiger partial charge in [-0.25, -0.2) is 0 Å². The minimum atomic E-state index is 0.159. The Balaban J connectivity index is 1.53. The van der Waals surface area contributed by atoms with Crippen molar-refractivity contribution in [2.75, 3.05) is 33.4 Å². The Morgan fingerprint density at radius 1 is 0.966 bits per heavy atom. The van der Waals surface area contributed by atoms with E-state index in [1.165, 1.54) is 18.4 Å². The summed E-state index contributed by atoms with van der Waals surface area (Å²) < 4.78 is 12.3. The molecule has 5 nitrogen and oxygen atoms in total. The maximum absolute atomic E-state index is 6.13. The minimum absolute atomic E-state index is 0.159. The van der Waals surface area contributed by atoms with Crippen molar-refractivity contribution in [3.8, 4) is 0 Å². The molecule has 0 bridgehead atoms. The third kappa shape index (κ3) is 6.19. The van der Waals surface area contributed by atoms with Gasteiger partial charge in [0.25, 0.3) is 0 Å². The van der Waals surface area contributed by atoms with E-state index in [0.29, 0.717) is 11.8 Å². The highest BCUT2D eigenvalue weighted by Crippen LogP contribution is 2.34. The molecule has 0 aromatic heterocycles. The average molecular weight is 402 g/mol. The van der Waals surface area contributed by atoms with Gasteiger partial charge >= 0.3 is 0 Å². The molecule has 2 N–H and O–H groups in total. The Labute approximate surface area is 176 Å². The zero-order valence-corrected chi connectivity index (χ0v) is 18.6. The number of hydrogen-bond donors (Lipinski definition) is 2. The van der Waals surface area contributed by atoms with Gasteiger partial charge in [0.1, 0.15) is 0 Å². The van der Waals surface area contributed by atoms with Crippen LogP contribution in [0, 0.1) is 17.3 Å². The number of guanidine groups is 1. The molecule has 0 saturated carbocycles. The SMILES string of the molecule is CN=C(NCC1CCCOC1c1ccccc1)NCC1CCCOC1C(C)(C)C. The summed E-state index contributed by atoms with van der Waals surface area (Å²) in [4.78, 5) is 4.45. The quantitative estimate of drug-likeness (QED) is 0.575. The molecule has 0 amide bonds. The second-order valence-electron chi connectivity index (χ2n) is 9.50. The van der Waals surface area contributed by atoms with Crippen LogP contribution in [0.25, 0.3) is 0 Å². The normalized spacial score (nSPS) is 28.8. The molecule has 4 atom stereocenters. The molecule has 3 rings (SSSR count). The molecule has 5 heteroatoms. The fourth-order valence-corrected chi connectivity index (χ4v) is 4.75. The number of hydrogen-bond acceptors (Lipinski definition) is 3. The molecule has 0 aliphatic carbocycles. The molecular formula is C24H39N3O2. The van der Waals surface area contributed by atoms with E-state index in [9.17, 15) is 0 Å². The van der Waals surface area contributed by atoms with Gasteiger partial charge in [0.2, 0.25) is 0 Å². The molecule has 0 radical (unpaired) electrons. The summed E-state index contributed by atoms with van der Waals surface area (Å²) in [7, 11) is 1.85. The summed E-state index contributed by atoms with van der Waals surface area (Å²) in [6.07, 6.45) is 5.09. The van der Waals surface area contributed by atoms with E-state index in [1.807, 2.05) is 7.05 Å². The molecule has 2 fully saturated rings. The van der Waals surface area contributed by atoms with E-state index in [-0.39, 0.29) is 17.6 Å². The molecule has 0 spiro atoms. The highest BCUT2D eigenvalue weighted by molar-refractivity contribution is 5.79. The summed E-state index contributed by atoms with van der Waals surface area (Å²) in [5.74, 6) is 1.84. The highest BCUT2D eigenvalue weighted by atomic mass is 16.5. The first-order valence-electron chi connectivity index (χ1n) is 11.2. The predicted molar refractivity (Wildman–Crippen MR) is 119 cm³/mol. The lowest BCUT2D eigenvalue weighted by Crippen LogP contribution is -2.48. The predicted octanol–water partition coefficient (Wildman–Crippen LogP) is 4.16. The summed E-state index contributed by atoms with van der Waals surface area (Å²) >= 11 is 0. The van der Waals surface area contributed by atoms with E-state index in [4.69, 9.17) is 9.47 Å². The van der Waals surface area contributed by atoms with Crippen LogP contribution in [0.5, 0.6) is 0 Å². The molecule has 29 heavy (non-hydrogen) atoms. The fourth-order valence-electron chi connectivity index (χ4n) is 4.75. The van der Waals surface area contributed by atoms with Gasteiger partial charge in [-0.05, 0) is 36.7 Å². The second-order valence-corrected chi connectivity index (χ2v) is 9.50. The van der Waals surface area contributed by atoms with Gasteiger partial charge in [-0.2, -0.15) is 0 Å². The lowest BCUT2D eigenvalue weighted by atomic mass is 9.78. The van der Waals surface area contributed by atoms with Crippen LogP contribution in [0.1, 0.15) is 58.1 Å². The van der Waals surface area contributed by atoms with Crippen molar-refractivity contribution in [2.45, 2.75) is 58.7 Å². The number of rotatable bonds is 5. The number of nitrogens with one attached hydrogen (secondary N) is 2. The summed E-state index contributed by atoms with van der Waals surface area (Å²) in [6.45, 7) is 10.3. The summed E-state index contributed by atoms with van der Waals surface area (Å²) in [6, 6.07) is 10.6. The van der Waals surface area contributed by atoms with Crippen molar-refractivity contribution in [3.05, 3.63) is 35.9 Å². The molecule has 2 aliphatic rings. The standard InChI is InChI=1S/C24H39N3O2/c1-24(2,3)22-20(13-9-15-29-22)17-27-23(25-4)26-16-19-12-8-14-28-21(19)18-10-6-5-7-11-18/h5-7,10-11,19-22H,8-9,12-17H2,1-4H3,(H2,25,26,27). The highest BCUT2D eigenvalue weighted by Gasteiger charge is 2.35. The third-order valence-electron chi connectivity index (χ3n) is 6.16. The first-order chi connectivity index (χ1) is 14.0. The van der Waals surface area contributed by atoms with E-state index in [0.717, 1.165) is 45.1 Å². The Morgan fingerprint density at radius 3 is 2.24 bits per heavy atom. The van der Waals surface area contributed by atoms with Crippen LogP contribution in [-0.2, 0) is 9.47 Å². The lowest BCUT2D eigenvalue weighted by Gasteiger charge is -2.40. The van der Waals surface area contributed by atoms with Crippen molar-refractivity contribution in [2.24, 2.45) is 22.2 Å². The van der Waals surface area contributed by atoms with E-state index in [1.54, 1.807) is 0 Å². The van der Waals surface area contributed by atoms with Crippen LogP contribution in [0.4, 0.5) is 0 Å². The lowest BCUT2D eigenvalue weighted by molar-refractivity contribution is -0.0835. The van der Waals surface area contributed by atoms with Crippen LogP contribution >= 0.6 is 0 Å². The monoisotopic (exact) mass is 401 g/mol. The van der Waals surface area contributed by atoms with Crippen LogP contribution in [0.2, 0.25) is 0 Å². The topological polar surface area (TPSA) is 54.9 Å². The molecule has 4 unspecified atom stereocenters. The zero-order valence-electron chi connectivity index (χ0n) is 18.6. The Kier molecular flexibility index (Phi) is 7.96. The molecular weight excluding hydrogens is 362 g/mol. The van der Waals surface area contributed by atoms with Gasteiger partial charge in [-0.1, -0.05) is 51.1 Å². The second kappa shape index (κ2) is 10.4. The van der Waals surface area contributed by atoms with E-state index in [2.05, 4.69) is 66.7 Å². The van der Waals surface area contributed by atoms with Crippen LogP contribution < -0.4 is 10.6 Å². The van der Waals surface area contributed by atoms with Gasteiger partial charge in [-0.15, -0.1) is 0 Å². The minimum Gasteiger partial charge on any atom is -0.377 e. The van der Waals surface area contributed by atoms with Gasteiger partial charge < -0.3 is 20.1 Å². The van der Waals surface area contributed by atoms with Gasteiger partial charge in [0.15, 0.2) is 5.96 Å². The maximum Gasteiger partial charge on any atom is 0.191 e. The Hall–Kier alpha value is -1.59. The molecule has 162 valence electrons. The van der Waals surface area contributed by atoms with Crippen LogP contribution in [0.3, 0.4) is 0 Å². The number of benzene rings is 1. The van der Waals surface area contributed by atoms with Crippen molar-refractivity contribution >= 4 is 5.96 Å². The molecule has 2 heterocycles. The molecule has 2 saturated heterocycles. The van der Waals surface area contributed by atoms with Gasteiger partial charge in [0, 0.05) is 45.2 Å². The zero-order chi connectivity index (χ0) is 20.7. The fraction of sp³-hybridized carbons (Fsp3) is 0.708. The maximum atomic E-state index is 6.13. The van der Waals surface area contributed by atoms with Crippen molar-refractivity contribution < 1.29 is 9.47 Å². The molecule has 1 aromatic carbocycles. The number of ether oxygens (including phenoxy) is 2. The summed E-state index contributed by atoms with van der Waals surface area (Å²) in [5.41, 5.74) is 1.43. The van der Waals surface area contributed by atoms with E-state index >= 15 is 0 Å². The van der Waals surface area contributed by atoms with Crippen molar-refractivity contribution in [3.63, 3.8) is 0 Å². The Bertz CT molecular complexity index is 641. The van der Waals surface area contributed by atoms with Gasteiger partial charge in [-0.3, -0.25) is 4.99 Å². The molecule has 1 aromatic rings. The summed E-state index contributed by atoms with van der Waals surface area (Å²) in [5, 5.41) is 7.10. The third-order valence-corrected chi connectivity index (χ3v) is 6.16. The van der Waals surface area contributed by atoms with E-state index < -0.39 is 0 Å². The first kappa shape index (κ1) is 22.1. The van der Waals surface area contributed by atoms with Gasteiger partial charge in [0.05, 0.1) is 12.2 Å². The van der Waals surface area contributed by atoms with Crippen molar-refractivity contribution in [1.29, 1.82) is 0 Å². The van der Waals surface area contributed by atoms with Crippen LogP contribution in [-0.4, -0.2) is 45.4 Å². The smallest absolute Gasteiger partial charge is 0.191 e.